The Balaban J connectivity index is 3.22. The number of benzene rings is 1. The van der Waals surface area contributed by atoms with Crippen molar-refractivity contribution in [3.63, 3.8) is 0 Å². The van der Waals surface area contributed by atoms with Crippen LogP contribution in [0.1, 0.15) is 5.56 Å². The largest absolute Gasteiger partial charge is 0.434 e. The first kappa shape index (κ1) is 13.1. The van der Waals surface area contributed by atoms with Gasteiger partial charge < -0.3 is 4.74 Å². The third-order valence-electron chi connectivity index (χ3n) is 1.54. The molecule has 16 heavy (non-hydrogen) atoms. The summed E-state index contributed by atoms with van der Waals surface area (Å²) < 4.78 is 76.6. The molecule has 1 nitrogen and oxygen atoms in total. The number of hydrogen-bond donors (Lipinski definition) is 0. The van der Waals surface area contributed by atoms with Crippen LogP contribution in [-0.2, 0) is 6.18 Å². The Hall–Kier alpha value is -0.920. The van der Waals surface area contributed by atoms with E-state index in [1.807, 2.05) is 0 Å². The quantitative estimate of drug-likeness (QED) is 0.744. The molecule has 1 aromatic carbocycles. The normalized spacial score (nSPS) is 12.0. The summed E-state index contributed by atoms with van der Waals surface area (Å²) in [6.07, 6.45) is -4.97. The van der Waals surface area contributed by atoms with Gasteiger partial charge in [-0.2, -0.15) is 22.0 Å². The summed E-state index contributed by atoms with van der Waals surface area (Å²) in [7, 11) is 0. The summed E-state index contributed by atoms with van der Waals surface area (Å²) >= 11 is 2.61. The number of alkyl halides is 5. The van der Waals surface area contributed by atoms with Gasteiger partial charge in [-0.1, -0.05) is 0 Å². The summed E-state index contributed by atoms with van der Waals surface area (Å²) in [6, 6.07) is 0.589. The first-order chi connectivity index (χ1) is 7.21. The first-order valence-electron chi connectivity index (χ1n) is 3.73. The highest BCUT2D eigenvalue weighted by molar-refractivity contribution is 9.10. The molecule has 0 saturated carbocycles. The molecular weight excluding hydrogens is 306 g/mol. The van der Waals surface area contributed by atoms with Crippen molar-refractivity contribution in [1.82, 2.24) is 0 Å². The standard InChI is InChI=1S/C8H3BrF6O/c9-4-2-5(10)3(8(13,14)15)1-6(4)16-7(11)12/h1-2,7H. The molecule has 0 amide bonds. The molecule has 0 atom stereocenters. The Kier molecular flexibility index (Phi) is 3.72. The van der Waals surface area contributed by atoms with E-state index in [4.69, 9.17) is 0 Å². The highest BCUT2D eigenvalue weighted by atomic mass is 79.9. The molecule has 1 rings (SSSR count). The van der Waals surface area contributed by atoms with E-state index < -0.39 is 29.9 Å². The third-order valence-corrected chi connectivity index (χ3v) is 2.16. The maximum Gasteiger partial charge on any atom is 0.419 e. The number of hydrogen-bond acceptors (Lipinski definition) is 1. The van der Waals surface area contributed by atoms with Crippen LogP contribution >= 0.6 is 15.9 Å². The van der Waals surface area contributed by atoms with Gasteiger partial charge >= 0.3 is 12.8 Å². The molecule has 0 fully saturated rings. The monoisotopic (exact) mass is 308 g/mol. The average molecular weight is 309 g/mol. The van der Waals surface area contributed by atoms with Crippen LogP contribution in [0, 0.1) is 5.82 Å². The smallest absolute Gasteiger partial charge is 0.419 e. The van der Waals surface area contributed by atoms with Crippen molar-refractivity contribution in [1.29, 1.82) is 0 Å². The lowest BCUT2D eigenvalue weighted by Crippen LogP contribution is -2.10. The van der Waals surface area contributed by atoms with Crippen LogP contribution in [0.5, 0.6) is 5.75 Å². The summed E-state index contributed by atoms with van der Waals surface area (Å²) in [5, 5.41) is 0. The van der Waals surface area contributed by atoms with Crippen molar-refractivity contribution in [2.75, 3.05) is 0 Å². The molecule has 90 valence electrons. The molecule has 0 N–H and O–H groups in total. The minimum atomic E-state index is -4.97. The molecule has 0 spiro atoms. The van der Waals surface area contributed by atoms with E-state index in [9.17, 15) is 26.3 Å². The van der Waals surface area contributed by atoms with Gasteiger partial charge in [0.05, 0.1) is 10.0 Å². The summed E-state index contributed by atoms with van der Waals surface area (Å²) in [6.45, 7) is -3.29. The fraction of sp³-hybridized carbons (Fsp3) is 0.250. The van der Waals surface area contributed by atoms with Crippen molar-refractivity contribution in [2.24, 2.45) is 0 Å². The highest BCUT2D eigenvalue weighted by Crippen LogP contribution is 2.37. The molecule has 0 aliphatic rings. The number of halogens is 7. The molecular formula is C8H3BrF6O. The molecule has 0 unspecified atom stereocenters. The first-order valence-corrected chi connectivity index (χ1v) is 4.52. The van der Waals surface area contributed by atoms with E-state index in [1.165, 1.54) is 0 Å². The van der Waals surface area contributed by atoms with E-state index in [0.29, 0.717) is 6.07 Å². The van der Waals surface area contributed by atoms with Gasteiger partial charge in [0.15, 0.2) is 0 Å². The van der Waals surface area contributed by atoms with Crippen molar-refractivity contribution in [3.05, 3.63) is 28.0 Å². The maximum atomic E-state index is 12.9. The Morgan fingerprint density at radius 1 is 1.19 bits per heavy atom. The van der Waals surface area contributed by atoms with Crippen molar-refractivity contribution in [3.8, 4) is 5.75 Å². The predicted octanol–water partition coefficient (Wildman–Crippen LogP) is 4.21. The molecule has 0 aromatic heterocycles. The zero-order chi connectivity index (χ0) is 12.5. The van der Waals surface area contributed by atoms with Gasteiger partial charge in [0.25, 0.3) is 0 Å². The second-order valence-corrected chi connectivity index (χ2v) is 3.49. The van der Waals surface area contributed by atoms with E-state index in [-0.39, 0.29) is 10.5 Å². The Bertz CT molecular complexity index is 389. The molecule has 0 aliphatic carbocycles. The number of ether oxygens (including phenoxy) is 1. The highest BCUT2D eigenvalue weighted by Gasteiger charge is 2.35. The van der Waals surface area contributed by atoms with Gasteiger partial charge in [-0.15, -0.1) is 0 Å². The average Bonchev–Trinajstić information content (AvgIpc) is 2.06. The Morgan fingerprint density at radius 2 is 1.75 bits per heavy atom. The minimum Gasteiger partial charge on any atom is -0.434 e. The van der Waals surface area contributed by atoms with Crippen molar-refractivity contribution < 1.29 is 31.1 Å². The zero-order valence-corrected chi connectivity index (χ0v) is 8.87. The van der Waals surface area contributed by atoms with Gasteiger partial charge in [-0.3, -0.25) is 0 Å². The Labute approximate surface area is 94.1 Å². The van der Waals surface area contributed by atoms with Gasteiger partial charge in [0.2, 0.25) is 0 Å². The van der Waals surface area contributed by atoms with Crippen molar-refractivity contribution in [2.45, 2.75) is 12.8 Å². The second kappa shape index (κ2) is 4.52. The molecule has 0 heterocycles. The molecule has 0 bridgehead atoms. The predicted molar refractivity (Wildman–Crippen MR) is 45.7 cm³/mol. The Morgan fingerprint density at radius 3 is 2.19 bits per heavy atom. The zero-order valence-electron chi connectivity index (χ0n) is 7.29. The van der Waals surface area contributed by atoms with Crippen LogP contribution in [0.15, 0.2) is 16.6 Å². The van der Waals surface area contributed by atoms with Gasteiger partial charge in [0.1, 0.15) is 11.6 Å². The van der Waals surface area contributed by atoms with E-state index >= 15 is 0 Å². The lowest BCUT2D eigenvalue weighted by atomic mass is 10.2. The maximum absolute atomic E-state index is 12.9. The molecule has 1 aromatic rings. The molecule has 0 radical (unpaired) electrons. The van der Waals surface area contributed by atoms with Crippen LogP contribution in [0.3, 0.4) is 0 Å². The number of rotatable bonds is 2. The van der Waals surface area contributed by atoms with Gasteiger partial charge in [-0.05, 0) is 28.1 Å². The van der Waals surface area contributed by atoms with E-state index in [2.05, 4.69) is 20.7 Å². The van der Waals surface area contributed by atoms with E-state index in [1.54, 1.807) is 0 Å². The summed E-state index contributed by atoms with van der Waals surface area (Å²) in [5.74, 6) is -2.34. The van der Waals surface area contributed by atoms with Gasteiger partial charge in [0, 0.05) is 0 Å². The van der Waals surface area contributed by atoms with Gasteiger partial charge in [-0.25, -0.2) is 4.39 Å². The molecule has 0 aliphatic heterocycles. The van der Waals surface area contributed by atoms with Crippen LogP contribution in [-0.4, -0.2) is 6.61 Å². The fourth-order valence-corrected chi connectivity index (χ4v) is 1.34. The summed E-state index contributed by atoms with van der Waals surface area (Å²) in [4.78, 5) is 0. The fourth-order valence-electron chi connectivity index (χ4n) is 0.933. The minimum absolute atomic E-state index is 0.172. The summed E-state index contributed by atoms with van der Waals surface area (Å²) in [5.41, 5.74) is -1.66. The molecule has 0 saturated heterocycles. The van der Waals surface area contributed by atoms with Crippen LogP contribution in [0.2, 0.25) is 0 Å². The SMILES string of the molecule is Fc1cc(Br)c(OC(F)F)cc1C(F)(F)F. The second-order valence-electron chi connectivity index (χ2n) is 2.64. The van der Waals surface area contributed by atoms with Crippen molar-refractivity contribution >= 4 is 15.9 Å². The van der Waals surface area contributed by atoms with E-state index in [0.717, 1.165) is 0 Å². The van der Waals surface area contributed by atoms with Crippen LogP contribution < -0.4 is 4.74 Å². The lowest BCUT2D eigenvalue weighted by Gasteiger charge is -2.12. The van der Waals surface area contributed by atoms with Crippen LogP contribution in [0.25, 0.3) is 0 Å². The van der Waals surface area contributed by atoms with Crippen LogP contribution in [0.4, 0.5) is 26.3 Å². The topological polar surface area (TPSA) is 9.23 Å². The third kappa shape index (κ3) is 3.03. The lowest BCUT2D eigenvalue weighted by molar-refractivity contribution is -0.140. The molecule has 8 heteroatoms.